The van der Waals surface area contributed by atoms with Gasteiger partial charge in [0.15, 0.2) is 18.1 Å². The number of carbonyl (C=O) groups is 1. The SMILES string of the molecule is Cc1ccc(C)c(C(=O)COc2ccc(C)cc2[N+](=O)[O-])c1. The quantitative estimate of drug-likeness (QED) is 0.478. The van der Waals surface area contributed by atoms with E-state index in [1.165, 1.54) is 12.1 Å². The minimum atomic E-state index is -0.509. The molecule has 0 heterocycles. The van der Waals surface area contributed by atoms with Crippen LogP contribution in [0.5, 0.6) is 5.75 Å². The highest BCUT2D eigenvalue weighted by atomic mass is 16.6. The first-order chi connectivity index (χ1) is 10.4. The van der Waals surface area contributed by atoms with Crippen LogP contribution in [-0.4, -0.2) is 17.3 Å². The number of nitrogens with zero attached hydrogens (tertiary/aromatic N) is 1. The van der Waals surface area contributed by atoms with E-state index >= 15 is 0 Å². The van der Waals surface area contributed by atoms with Crippen molar-refractivity contribution in [2.75, 3.05) is 6.61 Å². The van der Waals surface area contributed by atoms with Gasteiger partial charge in [-0.3, -0.25) is 14.9 Å². The number of hydrogen-bond acceptors (Lipinski definition) is 4. The van der Waals surface area contributed by atoms with Crippen molar-refractivity contribution in [3.8, 4) is 5.75 Å². The lowest BCUT2D eigenvalue weighted by Crippen LogP contribution is -2.13. The van der Waals surface area contributed by atoms with E-state index in [0.717, 1.165) is 16.7 Å². The second kappa shape index (κ2) is 6.39. The third kappa shape index (κ3) is 3.49. The van der Waals surface area contributed by atoms with Gasteiger partial charge >= 0.3 is 5.69 Å². The van der Waals surface area contributed by atoms with Crippen LogP contribution >= 0.6 is 0 Å². The van der Waals surface area contributed by atoms with Crippen molar-refractivity contribution in [1.29, 1.82) is 0 Å². The normalized spacial score (nSPS) is 10.3. The summed E-state index contributed by atoms with van der Waals surface area (Å²) in [4.78, 5) is 22.8. The first kappa shape index (κ1) is 15.7. The zero-order valence-corrected chi connectivity index (χ0v) is 12.8. The largest absolute Gasteiger partial charge is 0.478 e. The Bertz CT molecular complexity index is 737. The van der Waals surface area contributed by atoms with Crippen molar-refractivity contribution < 1.29 is 14.5 Å². The lowest BCUT2D eigenvalue weighted by Gasteiger charge is -2.09. The van der Waals surface area contributed by atoms with Crippen LogP contribution < -0.4 is 4.74 Å². The molecule has 114 valence electrons. The Labute approximate surface area is 128 Å². The van der Waals surface area contributed by atoms with Gasteiger partial charge in [0.25, 0.3) is 0 Å². The topological polar surface area (TPSA) is 69.4 Å². The summed E-state index contributed by atoms with van der Waals surface area (Å²) in [6, 6.07) is 10.3. The minimum absolute atomic E-state index is 0.106. The lowest BCUT2D eigenvalue weighted by atomic mass is 10.0. The zero-order valence-electron chi connectivity index (χ0n) is 12.8. The van der Waals surface area contributed by atoms with Gasteiger partial charge in [-0.05, 0) is 44.0 Å². The second-order valence-corrected chi connectivity index (χ2v) is 5.26. The second-order valence-electron chi connectivity index (χ2n) is 5.26. The fourth-order valence-electron chi connectivity index (χ4n) is 2.15. The molecule has 0 aliphatic rings. The van der Waals surface area contributed by atoms with Crippen LogP contribution in [0.2, 0.25) is 0 Å². The van der Waals surface area contributed by atoms with Crippen molar-refractivity contribution in [3.63, 3.8) is 0 Å². The van der Waals surface area contributed by atoms with Crippen molar-refractivity contribution in [1.82, 2.24) is 0 Å². The molecule has 0 aromatic heterocycles. The fraction of sp³-hybridized carbons (Fsp3) is 0.235. The van der Waals surface area contributed by atoms with Gasteiger partial charge in [-0.1, -0.05) is 23.8 Å². The molecule has 0 fully saturated rings. The van der Waals surface area contributed by atoms with E-state index in [0.29, 0.717) is 5.56 Å². The summed E-state index contributed by atoms with van der Waals surface area (Å²) in [6.45, 7) is 5.29. The Balaban J connectivity index is 2.18. The fourth-order valence-corrected chi connectivity index (χ4v) is 2.15. The highest BCUT2D eigenvalue weighted by Gasteiger charge is 2.17. The molecule has 0 saturated carbocycles. The third-order valence-electron chi connectivity index (χ3n) is 3.36. The number of aryl methyl sites for hydroxylation is 3. The zero-order chi connectivity index (χ0) is 16.3. The first-order valence-electron chi connectivity index (χ1n) is 6.87. The maximum atomic E-state index is 12.2. The number of ether oxygens (including phenoxy) is 1. The van der Waals surface area contributed by atoms with Gasteiger partial charge in [-0.15, -0.1) is 0 Å². The summed E-state index contributed by atoms with van der Waals surface area (Å²) in [5, 5.41) is 11.0. The third-order valence-corrected chi connectivity index (χ3v) is 3.36. The molecule has 2 rings (SSSR count). The summed E-state index contributed by atoms with van der Waals surface area (Å²) in [5.41, 5.74) is 3.05. The van der Waals surface area contributed by atoms with E-state index in [2.05, 4.69) is 0 Å². The standard InChI is InChI=1S/C17H17NO4/c1-11-4-6-13(3)14(8-11)16(19)10-22-17-7-5-12(2)9-15(17)18(20)21/h4-9H,10H2,1-3H3. The molecule has 5 heteroatoms. The molecule has 0 spiro atoms. The van der Waals surface area contributed by atoms with Gasteiger partial charge in [-0.2, -0.15) is 0 Å². The van der Waals surface area contributed by atoms with Gasteiger partial charge < -0.3 is 4.74 Å². The Hall–Kier alpha value is -2.69. The van der Waals surface area contributed by atoms with E-state index in [4.69, 9.17) is 4.74 Å². The number of benzene rings is 2. The van der Waals surface area contributed by atoms with Gasteiger partial charge in [0.05, 0.1) is 4.92 Å². The molecule has 0 aliphatic carbocycles. The van der Waals surface area contributed by atoms with Gasteiger partial charge in [0.1, 0.15) is 0 Å². The molecule has 5 nitrogen and oxygen atoms in total. The molecule has 0 N–H and O–H groups in total. The molecule has 0 radical (unpaired) electrons. The molecule has 0 unspecified atom stereocenters. The van der Waals surface area contributed by atoms with Gasteiger partial charge in [0, 0.05) is 11.6 Å². The number of ketones is 1. The lowest BCUT2D eigenvalue weighted by molar-refractivity contribution is -0.385. The molecule has 0 bridgehead atoms. The predicted octanol–water partition coefficient (Wildman–Crippen LogP) is 3.78. The summed E-state index contributed by atoms with van der Waals surface area (Å²) < 4.78 is 5.37. The smallest absolute Gasteiger partial charge is 0.311 e. The van der Waals surface area contributed by atoms with Crippen LogP contribution in [0.15, 0.2) is 36.4 Å². The summed E-state index contributed by atoms with van der Waals surface area (Å²) in [6.07, 6.45) is 0. The maximum absolute atomic E-state index is 12.2. The molecule has 0 amide bonds. The molecule has 0 aliphatic heterocycles. The van der Waals surface area contributed by atoms with Crippen LogP contribution in [-0.2, 0) is 0 Å². The monoisotopic (exact) mass is 299 g/mol. The highest BCUT2D eigenvalue weighted by molar-refractivity contribution is 5.98. The van der Waals surface area contributed by atoms with Gasteiger partial charge in [-0.25, -0.2) is 0 Å². The van der Waals surface area contributed by atoms with Crippen molar-refractivity contribution in [2.45, 2.75) is 20.8 Å². The molecule has 0 saturated heterocycles. The Morgan fingerprint density at radius 3 is 2.41 bits per heavy atom. The maximum Gasteiger partial charge on any atom is 0.311 e. The van der Waals surface area contributed by atoms with Crippen molar-refractivity contribution in [3.05, 3.63) is 68.8 Å². The number of rotatable bonds is 5. The van der Waals surface area contributed by atoms with Crippen LogP contribution in [0, 0.1) is 30.9 Å². The Kier molecular flexibility index (Phi) is 4.56. The van der Waals surface area contributed by atoms with Crippen LogP contribution in [0.25, 0.3) is 0 Å². The van der Waals surface area contributed by atoms with Crippen LogP contribution in [0.3, 0.4) is 0 Å². The molecule has 2 aromatic carbocycles. The Morgan fingerprint density at radius 1 is 1.09 bits per heavy atom. The van der Waals surface area contributed by atoms with Crippen LogP contribution in [0.1, 0.15) is 27.0 Å². The summed E-state index contributed by atoms with van der Waals surface area (Å²) in [7, 11) is 0. The minimum Gasteiger partial charge on any atom is -0.478 e. The summed E-state index contributed by atoms with van der Waals surface area (Å²) in [5.74, 6) is -0.0923. The summed E-state index contributed by atoms with van der Waals surface area (Å²) >= 11 is 0. The Morgan fingerprint density at radius 2 is 1.73 bits per heavy atom. The molecular formula is C17H17NO4. The number of carbonyl (C=O) groups excluding carboxylic acids is 1. The first-order valence-corrected chi connectivity index (χ1v) is 6.87. The van der Waals surface area contributed by atoms with Crippen molar-refractivity contribution in [2.24, 2.45) is 0 Å². The van der Waals surface area contributed by atoms with E-state index < -0.39 is 4.92 Å². The van der Waals surface area contributed by atoms with Crippen molar-refractivity contribution >= 4 is 11.5 Å². The molecule has 22 heavy (non-hydrogen) atoms. The predicted molar refractivity (Wildman–Crippen MR) is 83.6 cm³/mol. The van der Waals surface area contributed by atoms with Gasteiger partial charge in [0.2, 0.25) is 0 Å². The van der Waals surface area contributed by atoms with E-state index in [-0.39, 0.29) is 23.8 Å². The number of Topliss-reactive ketones (excluding diaryl/α,β-unsaturated/α-hetero) is 1. The molecular weight excluding hydrogens is 282 g/mol. The highest BCUT2D eigenvalue weighted by Crippen LogP contribution is 2.27. The average Bonchev–Trinajstić information content (AvgIpc) is 2.48. The number of nitro groups is 1. The molecule has 0 atom stereocenters. The van der Waals surface area contributed by atoms with E-state index in [1.54, 1.807) is 19.1 Å². The number of nitro benzene ring substituents is 1. The van der Waals surface area contributed by atoms with E-state index in [1.807, 2.05) is 26.0 Å². The number of hydrogen-bond donors (Lipinski definition) is 0. The van der Waals surface area contributed by atoms with Crippen LogP contribution in [0.4, 0.5) is 5.69 Å². The van der Waals surface area contributed by atoms with E-state index in [9.17, 15) is 14.9 Å². The molecule has 2 aromatic rings. The average molecular weight is 299 g/mol.